The van der Waals surface area contributed by atoms with Gasteiger partial charge in [0.1, 0.15) is 11.1 Å². The molecule has 7 heteroatoms. The van der Waals surface area contributed by atoms with Crippen molar-refractivity contribution in [2.24, 2.45) is 11.3 Å². The normalized spacial score (nSPS) is 16.0. The van der Waals surface area contributed by atoms with E-state index in [1.54, 1.807) is 35.6 Å². The number of anilines is 1. The largest absolute Gasteiger partial charge is 0.323 e. The summed E-state index contributed by atoms with van der Waals surface area (Å²) >= 11 is 12.8. The molecular weight excluding hydrogens is 410 g/mol. The fourth-order valence-corrected chi connectivity index (χ4v) is 5.20. The summed E-state index contributed by atoms with van der Waals surface area (Å²) in [4.78, 5) is 13.6. The number of rotatable bonds is 2. The van der Waals surface area contributed by atoms with Crippen LogP contribution >= 0.6 is 35.2 Å². The van der Waals surface area contributed by atoms with Gasteiger partial charge < -0.3 is 5.32 Å². The lowest BCUT2D eigenvalue weighted by Crippen LogP contribution is -2.34. The van der Waals surface area contributed by atoms with Gasteiger partial charge >= 0.3 is 0 Å². The van der Waals surface area contributed by atoms with Crippen molar-refractivity contribution in [3.05, 3.63) is 50.9 Å². The van der Waals surface area contributed by atoms with Crippen LogP contribution in [0.4, 0.5) is 5.00 Å². The third kappa shape index (κ3) is 4.54. The van der Waals surface area contributed by atoms with E-state index in [0.29, 0.717) is 27.1 Å². The number of hydrogen-bond donors (Lipinski definition) is 2. The lowest BCUT2D eigenvalue weighted by atomic mass is 9.72. The molecule has 0 saturated heterocycles. The molecule has 1 aromatic heterocycles. The summed E-state index contributed by atoms with van der Waals surface area (Å²) in [6, 6.07) is 8.97. The predicted molar refractivity (Wildman–Crippen MR) is 119 cm³/mol. The van der Waals surface area contributed by atoms with Gasteiger partial charge in [-0.1, -0.05) is 38.4 Å². The van der Waals surface area contributed by atoms with Crippen LogP contribution in [-0.4, -0.2) is 11.0 Å². The average molecular weight is 432 g/mol. The van der Waals surface area contributed by atoms with Crippen LogP contribution in [0.1, 0.15) is 53.6 Å². The number of thiocarbonyl (C=S) groups is 1. The van der Waals surface area contributed by atoms with E-state index in [0.717, 1.165) is 24.8 Å². The van der Waals surface area contributed by atoms with Gasteiger partial charge in [-0.15, -0.1) is 11.3 Å². The minimum absolute atomic E-state index is 0.174. The number of amides is 1. The van der Waals surface area contributed by atoms with Gasteiger partial charge in [0.05, 0.1) is 5.56 Å². The maximum Gasteiger partial charge on any atom is 0.257 e. The van der Waals surface area contributed by atoms with E-state index in [9.17, 15) is 10.1 Å². The first kappa shape index (κ1) is 20.8. The van der Waals surface area contributed by atoms with Gasteiger partial charge in [0.2, 0.25) is 0 Å². The molecule has 0 unspecified atom stereocenters. The number of carbonyl (C=O) groups excluding carboxylic acids is 1. The maximum atomic E-state index is 12.3. The molecule has 1 aliphatic carbocycles. The van der Waals surface area contributed by atoms with Gasteiger partial charge in [-0.25, -0.2) is 0 Å². The van der Waals surface area contributed by atoms with Crippen LogP contribution in [0.3, 0.4) is 0 Å². The third-order valence-corrected chi connectivity index (χ3v) is 6.75. The quantitative estimate of drug-likeness (QED) is 0.611. The second kappa shape index (κ2) is 8.20. The van der Waals surface area contributed by atoms with E-state index in [-0.39, 0.29) is 16.4 Å². The molecule has 2 aromatic rings. The Morgan fingerprint density at radius 3 is 2.79 bits per heavy atom. The minimum atomic E-state index is -0.340. The van der Waals surface area contributed by atoms with Crippen LogP contribution in [0.15, 0.2) is 24.3 Å². The van der Waals surface area contributed by atoms with Crippen LogP contribution in [0, 0.1) is 22.7 Å². The Morgan fingerprint density at radius 1 is 1.39 bits per heavy atom. The van der Waals surface area contributed by atoms with Crippen molar-refractivity contribution < 1.29 is 4.79 Å². The first-order valence-electron chi connectivity index (χ1n) is 9.11. The van der Waals surface area contributed by atoms with Crippen molar-refractivity contribution >= 4 is 51.2 Å². The van der Waals surface area contributed by atoms with Crippen molar-refractivity contribution in [2.75, 3.05) is 5.32 Å². The van der Waals surface area contributed by atoms with Crippen LogP contribution in [-0.2, 0) is 12.8 Å². The number of hydrogen-bond acceptors (Lipinski definition) is 4. The second-order valence-corrected chi connectivity index (χ2v) is 9.99. The third-order valence-electron chi connectivity index (χ3n) is 5.14. The van der Waals surface area contributed by atoms with E-state index in [1.807, 2.05) is 0 Å². The lowest BCUT2D eigenvalue weighted by molar-refractivity contribution is 0.0977. The highest BCUT2D eigenvalue weighted by molar-refractivity contribution is 7.80. The van der Waals surface area contributed by atoms with E-state index < -0.39 is 0 Å². The van der Waals surface area contributed by atoms with Crippen molar-refractivity contribution in [2.45, 2.75) is 40.0 Å². The summed E-state index contributed by atoms with van der Waals surface area (Å²) < 4.78 is 0. The van der Waals surface area contributed by atoms with Crippen molar-refractivity contribution in [3.63, 3.8) is 0 Å². The summed E-state index contributed by atoms with van der Waals surface area (Å²) in [6.07, 6.45) is 2.96. The molecular formula is C21H22ClN3OS2. The number of nitrogens with one attached hydrogen (secondary N) is 2. The summed E-state index contributed by atoms with van der Waals surface area (Å²) in [5.74, 6) is 0.250. The molecule has 0 fully saturated rings. The lowest BCUT2D eigenvalue weighted by Gasteiger charge is -2.33. The first-order chi connectivity index (χ1) is 13.2. The van der Waals surface area contributed by atoms with Crippen molar-refractivity contribution in [3.8, 4) is 6.07 Å². The first-order valence-corrected chi connectivity index (χ1v) is 10.7. The zero-order valence-corrected chi connectivity index (χ0v) is 18.4. The summed E-state index contributed by atoms with van der Waals surface area (Å²) in [7, 11) is 0. The summed E-state index contributed by atoms with van der Waals surface area (Å²) in [6.45, 7) is 6.80. The molecule has 1 heterocycles. The number of nitrogens with zero attached hydrogens (tertiary/aromatic N) is 1. The number of nitriles is 1. The monoisotopic (exact) mass is 431 g/mol. The molecule has 0 aliphatic heterocycles. The zero-order valence-electron chi connectivity index (χ0n) is 16.1. The van der Waals surface area contributed by atoms with Crippen LogP contribution in [0.5, 0.6) is 0 Å². The van der Waals surface area contributed by atoms with Crippen LogP contribution in [0.25, 0.3) is 0 Å². The number of benzene rings is 1. The highest BCUT2D eigenvalue weighted by atomic mass is 35.5. The molecule has 146 valence electrons. The summed E-state index contributed by atoms with van der Waals surface area (Å²) in [5, 5.41) is 16.7. The van der Waals surface area contributed by atoms with Gasteiger partial charge in [-0.2, -0.15) is 5.26 Å². The summed E-state index contributed by atoms with van der Waals surface area (Å²) in [5.41, 5.74) is 2.43. The fraction of sp³-hybridized carbons (Fsp3) is 0.381. The van der Waals surface area contributed by atoms with Crippen molar-refractivity contribution in [1.82, 2.24) is 5.32 Å². The number of halogens is 1. The standard InChI is InChI=1S/C21H22ClN3OS2/c1-21(2,3)13-7-8-15-16(11-23)19(28-17(15)10-13)25-20(27)24-18(26)12-5-4-6-14(22)9-12/h4-6,9,13H,7-8,10H2,1-3H3,(H2,24,25,26,27)/t13-/m1/s1. The Kier molecular flexibility index (Phi) is 6.09. The molecule has 0 bridgehead atoms. The van der Waals surface area contributed by atoms with Gasteiger partial charge in [0, 0.05) is 15.5 Å². The fourth-order valence-electron chi connectivity index (χ4n) is 3.47. The van der Waals surface area contributed by atoms with Gasteiger partial charge in [0.25, 0.3) is 5.91 Å². The Labute approximate surface area is 179 Å². The minimum Gasteiger partial charge on any atom is -0.323 e. The average Bonchev–Trinajstić information content (AvgIpc) is 2.96. The van der Waals surface area contributed by atoms with E-state index in [1.165, 1.54) is 4.88 Å². The van der Waals surface area contributed by atoms with Crippen molar-refractivity contribution in [1.29, 1.82) is 5.26 Å². The Balaban J connectivity index is 1.74. The SMILES string of the molecule is CC(C)(C)[C@@H]1CCc2c(sc(NC(=S)NC(=O)c3cccc(Cl)c3)c2C#N)C1. The predicted octanol–water partition coefficient (Wildman–Crippen LogP) is 5.55. The molecule has 0 radical (unpaired) electrons. The van der Waals surface area contributed by atoms with Gasteiger partial charge in [-0.3, -0.25) is 10.1 Å². The molecule has 1 aromatic carbocycles. The van der Waals surface area contributed by atoms with E-state index in [4.69, 9.17) is 23.8 Å². The van der Waals surface area contributed by atoms with Gasteiger partial charge in [-0.05, 0) is 66.6 Å². The molecule has 28 heavy (non-hydrogen) atoms. The molecule has 3 rings (SSSR count). The smallest absolute Gasteiger partial charge is 0.257 e. The van der Waals surface area contributed by atoms with Gasteiger partial charge in [0.15, 0.2) is 5.11 Å². The Morgan fingerprint density at radius 2 is 2.14 bits per heavy atom. The molecule has 2 N–H and O–H groups in total. The molecule has 0 saturated carbocycles. The molecule has 4 nitrogen and oxygen atoms in total. The zero-order chi connectivity index (χ0) is 20.5. The Hall–Kier alpha value is -1.94. The molecule has 1 amide bonds. The van der Waals surface area contributed by atoms with Crippen LogP contribution < -0.4 is 10.6 Å². The maximum absolute atomic E-state index is 12.3. The van der Waals surface area contributed by atoms with Crippen LogP contribution in [0.2, 0.25) is 5.02 Å². The van der Waals surface area contributed by atoms with E-state index in [2.05, 4.69) is 37.5 Å². The van der Waals surface area contributed by atoms with E-state index >= 15 is 0 Å². The molecule has 0 spiro atoms. The highest BCUT2D eigenvalue weighted by Gasteiger charge is 2.32. The second-order valence-electron chi connectivity index (χ2n) is 8.04. The number of thiophene rings is 1. The Bertz CT molecular complexity index is 969. The highest BCUT2D eigenvalue weighted by Crippen LogP contribution is 2.43. The number of carbonyl (C=O) groups is 1. The topological polar surface area (TPSA) is 64.9 Å². The number of fused-ring (bicyclic) bond motifs is 1. The molecule has 1 aliphatic rings. The molecule has 1 atom stereocenters.